The molecule has 0 bridgehead atoms. The third kappa shape index (κ3) is 2.85. The first-order valence-corrected chi connectivity index (χ1v) is 3.81. The Hall–Kier alpha value is -1.24. The average Bonchev–Trinajstić information content (AvgIpc) is 2.15. The summed E-state index contributed by atoms with van der Waals surface area (Å²) < 4.78 is 59.9. The lowest BCUT2D eigenvalue weighted by atomic mass is 10.1. The van der Waals surface area contributed by atoms with Crippen LogP contribution in [-0.4, -0.2) is 16.5 Å². The van der Waals surface area contributed by atoms with E-state index in [1.807, 2.05) is 0 Å². The third-order valence-corrected chi connectivity index (χ3v) is 1.66. The molecule has 15 heavy (non-hydrogen) atoms. The summed E-state index contributed by atoms with van der Waals surface area (Å²) in [6.07, 6.45) is -9.20. The van der Waals surface area contributed by atoms with Gasteiger partial charge in [-0.1, -0.05) is 6.07 Å². The first-order valence-electron chi connectivity index (χ1n) is 3.81. The van der Waals surface area contributed by atoms with Crippen LogP contribution in [0.25, 0.3) is 0 Å². The number of aliphatic hydroxyl groups is 1. The molecule has 0 aromatic carbocycles. The van der Waals surface area contributed by atoms with E-state index in [2.05, 4.69) is 4.98 Å². The average molecular weight is 227 g/mol. The minimum Gasteiger partial charge on any atom is -0.382 e. The molecule has 1 unspecified atom stereocenters. The van der Waals surface area contributed by atoms with Crippen molar-refractivity contribution in [3.8, 4) is 0 Å². The van der Waals surface area contributed by atoms with Gasteiger partial charge in [-0.05, 0) is 6.07 Å². The first-order chi connectivity index (χ1) is 6.82. The van der Waals surface area contributed by atoms with Crippen LogP contribution in [0.3, 0.4) is 0 Å². The maximum absolute atomic E-state index is 12.0. The molecular weight excluding hydrogens is 221 g/mol. The summed E-state index contributed by atoms with van der Waals surface area (Å²) in [5, 5.41) is 8.82. The van der Waals surface area contributed by atoms with E-state index < -0.39 is 24.4 Å². The van der Waals surface area contributed by atoms with Crippen molar-refractivity contribution < 1.29 is 27.1 Å². The molecule has 84 valence electrons. The van der Waals surface area contributed by atoms with E-state index in [0.717, 1.165) is 6.07 Å². The standard InChI is InChI=1S/C8H6F5NO/c9-7(10)6(15)4-1-2-5(14-3-4)8(11,12)13/h1-3,6-7,15H. The Morgan fingerprint density at radius 3 is 2.13 bits per heavy atom. The minimum atomic E-state index is -4.62. The molecule has 0 aliphatic carbocycles. The Morgan fingerprint density at radius 1 is 1.20 bits per heavy atom. The van der Waals surface area contributed by atoms with Crippen molar-refractivity contribution in [1.29, 1.82) is 0 Å². The van der Waals surface area contributed by atoms with Crippen molar-refractivity contribution in [3.63, 3.8) is 0 Å². The van der Waals surface area contributed by atoms with E-state index in [4.69, 9.17) is 5.11 Å². The SMILES string of the molecule is OC(c1ccc(C(F)(F)F)nc1)C(F)F. The van der Waals surface area contributed by atoms with E-state index in [0.29, 0.717) is 12.3 Å². The van der Waals surface area contributed by atoms with Crippen LogP contribution in [0.15, 0.2) is 18.3 Å². The molecular formula is C8H6F5NO. The van der Waals surface area contributed by atoms with Gasteiger partial charge in [0.15, 0.2) is 0 Å². The Bertz CT molecular complexity index is 321. The van der Waals surface area contributed by atoms with Crippen LogP contribution < -0.4 is 0 Å². The highest BCUT2D eigenvalue weighted by Gasteiger charge is 2.32. The molecule has 0 fully saturated rings. The van der Waals surface area contributed by atoms with E-state index >= 15 is 0 Å². The van der Waals surface area contributed by atoms with Gasteiger partial charge in [-0.15, -0.1) is 0 Å². The van der Waals surface area contributed by atoms with Crippen molar-refractivity contribution in [2.24, 2.45) is 0 Å². The number of pyridine rings is 1. The lowest BCUT2D eigenvalue weighted by molar-refractivity contribution is -0.141. The number of hydrogen-bond acceptors (Lipinski definition) is 2. The fourth-order valence-corrected chi connectivity index (χ4v) is 0.893. The summed E-state index contributed by atoms with van der Waals surface area (Å²) in [5.41, 5.74) is -1.54. The van der Waals surface area contributed by atoms with E-state index in [-0.39, 0.29) is 5.56 Å². The van der Waals surface area contributed by atoms with Gasteiger partial charge in [-0.25, -0.2) is 8.78 Å². The number of aromatic nitrogens is 1. The molecule has 1 N–H and O–H groups in total. The molecule has 1 heterocycles. The monoisotopic (exact) mass is 227 g/mol. The number of rotatable bonds is 2. The predicted molar refractivity (Wildman–Crippen MR) is 40.2 cm³/mol. The molecule has 0 saturated carbocycles. The summed E-state index contributed by atoms with van der Waals surface area (Å²) in [7, 11) is 0. The third-order valence-electron chi connectivity index (χ3n) is 1.66. The normalized spacial score (nSPS) is 14.3. The van der Waals surface area contributed by atoms with Gasteiger partial charge in [-0.2, -0.15) is 13.2 Å². The highest BCUT2D eigenvalue weighted by Crippen LogP contribution is 2.28. The number of alkyl halides is 5. The highest BCUT2D eigenvalue weighted by molar-refractivity contribution is 5.18. The van der Waals surface area contributed by atoms with Crippen molar-refractivity contribution >= 4 is 0 Å². The fourth-order valence-electron chi connectivity index (χ4n) is 0.893. The Labute approximate surface area is 81.4 Å². The zero-order valence-corrected chi connectivity index (χ0v) is 7.17. The zero-order valence-electron chi connectivity index (χ0n) is 7.17. The smallest absolute Gasteiger partial charge is 0.382 e. The minimum absolute atomic E-state index is 0.349. The van der Waals surface area contributed by atoms with Gasteiger partial charge in [-0.3, -0.25) is 4.98 Å². The van der Waals surface area contributed by atoms with E-state index in [1.165, 1.54) is 0 Å². The van der Waals surface area contributed by atoms with Crippen molar-refractivity contribution in [2.45, 2.75) is 18.7 Å². The fraction of sp³-hybridized carbons (Fsp3) is 0.375. The number of nitrogens with zero attached hydrogens (tertiary/aromatic N) is 1. The first kappa shape index (κ1) is 11.8. The van der Waals surface area contributed by atoms with Crippen LogP contribution in [-0.2, 0) is 6.18 Å². The second-order valence-electron chi connectivity index (χ2n) is 2.75. The molecule has 0 radical (unpaired) electrons. The second kappa shape index (κ2) is 4.09. The van der Waals surface area contributed by atoms with Crippen LogP contribution in [0.1, 0.15) is 17.4 Å². The van der Waals surface area contributed by atoms with E-state index in [1.54, 1.807) is 0 Å². The Kier molecular flexibility index (Phi) is 3.23. The van der Waals surface area contributed by atoms with Gasteiger partial charge in [0.25, 0.3) is 6.43 Å². The summed E-state index contributed by atoms with van der Waals surface area (Å²) >= 11 is 0. The van der Waals surface area contributed by atoms with Gasteiger partial charge >= 0.3 is 6.18 Å². The molecule has 1 rings (SSSR count). The highest BCUT2D eigenvalue weighted by atomic mass is 19.4. The summed E-state index contributed by atoms with van der Waals surface area (Å²) in [4.78, 5) is 2.94. The number of aliphatic hydroxyl groups excluding tert-OH is 1. The lowest BCUT2D eigenvalue weighted by Gasteiger charge is -2.10. The number of hydrogen-bond donors (Lipinski definition) is 1. The van der Waals surface area contributed by atoms with Crippen LogP contribution >= 0.6 is 0 Å². The van der Waals surface area contributed by atoms with Gasteiger partial charge in [0.05, 0.1) is 0 Å². The Balaban J connectivity index is 2.91. The Morgan fingerprint density at radius 2 is 1.80 bits per heavy atom. The number of halogens is 5. The zero-order chi connectivity index (χ0) is 11.6. The van der Waals surface area contributed by atoms with E-state index in [9.17, 15) is 22.0 Å². The molecule has 0 aliphatic heterocycles. The summed E-state index contributed by atoms with van der Waals surface area (Å²) in [5.74, 6) is 0. The quantitative estimate of drug-likeness (QED) is 0.787. The molecule has 1 aromatic heterocycles. The molecule has 0 saturated heterocycles. The largest absolute Gasteiger partial charge is 0.433 e. The predicted octanol–water partition coefficient (Wildman–Crippen LogP) is 2.40. The lowest BCUT2D eigenvalue weighted by Crippen LogP contribution is -2.11. The van der Waals surface area contributed by atoms with Crippen molar-refractivity contribution in [2.75, 3.05) is 0 Å². The molecule has 1 atom stereocenters. The van der Waals surface area contributed by atoms with Crippen molar-refractivity contribution in [3.05, 3.63) is 29.6 Å². The maximum atomic E-state index is 12.0. The molecule has 2 nitrogen and oxygen atoms in total. The molecule has 0 amide bonds. The van der Waals surface area contributed by atoms with Gasteiger partial charge in [0.1, 0.15) is 11.8 Å². The van der Waals surface area contributed by atoms with Crippen molar-refractivity contribution in [1.82, 2.24) is 4.98 Å². The van der Waals surface area contributed by atoms with Gasteiger partial charge in [0, 0.05) is 11.8 Å². The molecule has 7 heteroatoms. The van der Waals surface area contributed by atoms with Gasteiger partial charge in [0.2, 0.25) is 0 Å². The van der Waals surface area contributed by atoms with Gasteiger partial charge < -0.3 is 5.11 Å². The van der Waals surface area contributed by atoms with Crippen LogP contribution in [0, 0.1) is 0 Å². The summed E-state index contributed by atoms with van der Waals surface area (Å²) in [6.45, 7) is 0. The molecule has 1 aromatic rings. The van der Waals surface area contributed by atoms with Crippen LogP contribution in [0.5, 0.6) is 0 Å². The van der Waals surface area contributed by atoms with Crippen LogP contribution in [0.2, 0.25) is 0 Å². The molecule has 0 spiro atoms. The maximum Gasteiger partial charge on any atom is 0.433 e. The summed E-state index contributed by atoms with van der Waals surface area (Å²) in [6, 6.07) is 1.31. The second-order valence-corrected chi connectivity index (χ2v) is 2.75. The topological polar surface area (TPSA) is 33.1 Å². The van der Waals surface area contributed by atoms with Crippen LogP contribution in [0.4, 0.5) is 22.0 Å². The molecule has 0 aliphatic rings.